The number of hydrogen-bond donors (Lipinski definition) is 3. The molecule has 2 aromatic rings. The summed E-state index contributed by atoms with van der Waals surface area (Å²) in [5.41, 5.74) is -0.759. The smallest absolute Gasteiger partial charge is 0.354 e. The predicted molar refractivity (Wildman–Crippen MR) is 87.9 cm³/mol. The summed E-state index contributed by atoms with van der Waals surface area (Å²) in [6.07, 6.45) is -4.47. The maximum atomic E-state index is 12.8. The van der Waals surface area contributed by atoms with Gasteiger partial charge in [0.05, 0.1) is 16.3 Å². The molecule has 0 atom stereocenters. The van der Waals surface area contributed by atoms with E-state index in [-0.39, 0.29) is 16.7 Å². The standard InChI is InChI=1S/C14H16ClF3N6/c1-3-19-11-22-12(20-4-2)24-13(23-11)21-10-7-8(14(16,17)18)5-6-9(10)15/h5-7H,3-4H2,1-2H3,(H3,19,20,21,22,23,24). The van der Waals surface area contributed by atoms with E-state index in [2.05, 4.69) is 30.9 Å². The molecule has 0 spiro atoms. The van der Waals surface area contributed by atoms with E-state index in [9.17, 15) is 13.2 Å². The minimum absolute atomic E-state index is 0.0580. The lowest BCUT2D eigenvalue weighted by molar-refractivity contribution is -0.137. The van der Waals surface area contributed by atoms with E-state index in [0.717, 1.165) is 12.1 Å². The van der Waals surface area contributed by atoms with E-state index < -0.39 is 11.7 Å². The van der Waals surface area contributed by atoms with Crippen molar-refractivity contribution in [3.05, 3.63) is 28.8 Å². The van der Waals surface area contributed by atoms with Crippen LogP contribution in [0.1, 0.15) is 19.4 Å². The number of nitrogens with one attached hydrogen (secondary N) is 3. The van der Waals surface area contributed by atoms with Gasteiger partial charge < -0.3 is 16.0 Å². The summed E-state index contributed by atoms with van der Waals surface area (Å²) >= 11 is 5.97. The highest BCUT2D eigenvalue weighted by Gasteiger charge is 2.31. The average Bonchev–Trinajstić information content (AvgIpc) is 2.49. The molecular weight excluding hydrogens is 345 g/mol. The van der Waals surface area contributed by atoms with Crippen molar-refractivity contribution in [1.29, 1.82) is 0 Å². The highest BCUT2D eigenvalue weighted by molar-refractivity contribution is 6.33. The Kier molecular flexibility index (Phi) is 5.66. The number of benzene rings is 1. The van der Waals surface area contributed by atoms with Crippen molar-refractivity contribution < 1.29 is 13.2 Å². The van der Waals surface area contributed by atoms with Crippen LogP contribution in [-0.4, -0.2) is 28.0 Å². The van der Waals surface area contributed by atoms with E-state index in [1.54, 1.807) is 0 Å². The Hall–Kier alpha value is -2.29. The van der Waals surface area contributed by atoms with E-state index >= 15 is 0 Å². The van der Waals surface area contributed by atoms with Crippen LogP contribution in [0.25, 0.3) is 0 Å². The van der Waals surface area contributed by atoms with Crippen molar-refractivity contribution >= 4 is 35.1 Å². The first-order valence-electron chi connectivity index (χ1n) is 7.21. The van der Waals surface area contributed by atoms with Gasteiger partial charge in [0.15, 0.2) is 0 Å². The molecular formula is C14H16ClF3N6. The van der Waals surface area contributed by atoms with Gasteiger partial charge in [0.1, 0.15) is 0 Å². The Morgan fingerprint density at radius 3 is 2.00 bits per heavy atom. The van der Waals surface area contributed by atoms with Gasteiger partial charge in [0, 0.05) is 13.1 Å². The predicted octanol–water partition coefficient (Wildman–Crippen LogP) is 4.15. The number of alkyl halides is 3. The summed E-state index contributed by atoms with van der Waals surface area (Å²) in [7, 11) is 0. The Labute approximate surface area is 141 Å². The molecule has 0 radical (unpaired) electrons. The van der Waals surface area contributed by atoms with Gasteiger partial charge in [0.2, 0.25) is 17.8 Å². The second-order valence-corrected chi connectivity index (χ2v) is 5.09. The maximum absolute atomic E-state index is 12.8. The topological polar surface area (TPSA) is 74.8 Å². The van der Waals surface area contributed by atoms with Crippen LogP contribution in [0.3, 0.4) is 0 Å². The van der Waals surface area contributed by atoms with Crippen LogP contribution >= 0.6 is 11.6 Å². The van der Waals surface area contributed by atoms with Crippen molar-refractivity contribution in [3.63, 3.8) is 0 Å². The number of rotatable bonds is 6. The summed E-state index contributed by atoms with van der Waals surface area (Å²) in [6, 6.07) is 2.99. The Morgan fingerprint density at radius 1 is 0.958 bits per heavy atom. The molecule has 0 amide bonds. The van der Waals surface area contributed by atoms with Crippen LogP contribution in [0.4, 0.5) is 36.7 Å². The molecule has 0 aliphatic carbocycles. The SMILES string of the molecule is CCNc1nc(NCC)nc(Nc2cc(C(F)(F)F)ccc2Cl)n1. The Balaban J connectivity index is 2.36. The van der Waals surface area contributed by atoms with Gasteiger partial charge in [-0.25, -0.2) is 0 Å². The zero-order valence-electron chi connectivity index (χ0n) is 13.0. The molecule has 2 rings (SSSR count). The Bertz CT molecular complexity index is 683. The van der Waals surface area contributed by atoms with Gasteiger partial charge in [-0.15, -0.1) is 0 Å². The molecule has 0 unspecified atom stereocenters. The van der Waals surface area contributed by atoms with Crippen LogP contribution in [0.5, 0.6) is 0 Å². The number of nitrogens with zero attached hydrogens (tertiary/aromatic N) is 3. The van der Waals surface area contributed by atoms with Gasteiger partial charge in [-0.1, -0.05) is 11.6 Å². The van der Waals surface area contributed by atoms with Gasteiger partial charge in [0.25, 0.3) is 0 Å². The van der Waals surface area contributed by atoms with Gasteiger partial charge in [-0.3, -0.25) is 0 Å². The minimum atomic E-state index is -4.47. The number of anilines is 4. The van der Waals surface area contributed by atoms with Crippen molar-refractivity contribution in [2.45, 2.75) is 20.0 Å². The molecule has 0 saturated heterocycles. The number of halogens is 4. The third-order valence-corrected chi connectivity index (χ3v) is 3.17. The van der Waals surface area contributed by atoms with E-state index in [4.69, 9.17) is 11.6 Å². The van der Waals surface area contributed by atoms with Gasteiger partial charge >= 0.3 is 6.18 Å². The fourth-order valence-electron chi connectivity index (χ4n) is 1.82. The third-order valence-electron chi connectivity index (χ3n) is 2.85. The average molecular weight is 361 g/mol. The normalized spacial score (nSPS) is 11.2. The quantitative estimate of drug-likeness (QED) is 0.718. The molecule has 1 aromatic carbocycles. The van der Waals surface area contributed by atoms with Crippen LogP contribution < -0.4 is 16.0 Å². The van der Waals surface area contributed by atoms with Crippen LogP contribution in [0.15, 0.2) is 18.2 Å². The molecule has 3 N–H and O–H groups in total. The van der Waals surface area contributed by atoms with E-state index in [1.165, 1.54) is 6.07 Å². The molecule has 130 valence electrons. The maximum Gasteiger partial charge on any atom is 0.416 e. The molecule has 0 bridgehead atoms. The first-order chi connectivity index (χ1) is 11.3. The lowest BCUT2D eigenvalue weighted by Gasteiger charge is -2.13. The minimum Gasteiger partial charge on any atom is -0.354 e. The summed E-state index contributed by atoms with van der Waals surface area (Å²) in [6.45, 7) is 4.90. The van der Waals surface area contributed by atoms with Crippen molar-refractivity contribution in [1.82, 2.24) is 15.0 Å². The van der Waals surface area contributed by atoms with Crippen LogP contribution in [0, 0.1) is 0 Å². The lowest BCUT2D eigenvalue weighted by atomic mass is 10.2. The lowest BCUT2D eigenvalue weighted by Crippen LogP contribution is -2.11. The zero-order valence-corrected chi connectivity index (χ0v) is 13.8. The van der Waals surface area contributed by atoms with Crippen LogP contribution in [-0.2, 0) is 6.18 Å². The van der Waals surface area contributed by atoms with Gasteiger partial charge in [-0.2, -0.15) is 28.1 Å². The monoisotopic (exact) mass is 360 g/mol. The fourth-order valence-corrected chi connectivity index (χ4v) is 1.99. The second kappa shape index (κ2) is 7.52. The first kappa shape index (κ1) is 18.1. The molecule has 0 fully saturated rings. The molecule has 1 aromatic heterocycles. The third kappa shape index (κ3) is 4.60. The van der Waals surface area contributed by atoms with Crippen molar-refractivity contribution in [2.75, 3.05) is 29.0 Å². The molecule has 0 aliphatic heterocycles. The highest BCUT2D eigenvalue weighted by atomic mass is 35.5. The van der Waals surface area contributed by atoms with E-state index in [1.807, 2.05) is 13.8 Å². The zero-order chi connectivity index (χ0) is 17.7. The highest BCUT2D eigenvalue weighted by Crippen LogP contribution is 2.34. The molecule has 24 heavy (non-hydrogen) atoms. The summed E-state index contributed by atoms with van der Waals surface area (Å²) in [5.74, 6) is 0.682. The van der Waals surface area contributed by atoms with E-state index in [0.29, 0.717) is 25.0 Å². The first-order valence-corrected chi connectivity index (χ1v) is 7.58. The largest absolute Gasteiger partial charge is 0.416 e. The second-order valence-electron chi connectivity index (χ2n) is 4.68. The van der Waals surface area contributed by atoms with Crippen molar-refractivity contribution in [3.8, 4) is 0 Å². The number of aromatic nitrogens is 3. The summed E-state index contributed by atoms with van der Waals surface area (Å²) in [5, 5.41) is 8.69. The fraction of sp³-hybridized carbons (Fsp3) is 0.357. The Morgan fingerprint density at radius 2 is 1.50 bits per heavy atom. The number of hydrogen-bond acceptors (Lipinski definition) is 6. The van der Waals surface area contributed by atoms with Gasteiger partial charge in [-0.05, 0) is 32.0 Å². The summed E-state index contributed by atoms with van der Waals surface area (Å²) in [4.78, 5) is 12.4. The summed E-state index contributed by atoms with van der Waals surface area (Å²) < 4.78 is 38.5. The molecule has 6 nitrogen and oxygen atoms in total. The molecule has 10 heteroatoms. The molecule has 0 aliphatic rings. The molecule has 0 saturated carbocycles. The van der Waals surface area contributed by atoms with Crippen LogP contribution in [0.2, 0.25) is 5.02 Å². The van der Waals surface area contributed by atoms with Crippen molar-refractivity contribution in [2.24, 2.45) is 0 Å². The molecule has 1 heterocycles.